The predicted molar refractivity (Wildman–Crippen MR) is 36.4 cm³/mol. The largest absolute Gasteiger partial charge is 1.00 e. The van der Waals surface area contributed by atoms with Crippen LogP contribution in [0, 0.1) is 13.0 Å². The average Bonchev–Trinajstić information content (AvgIpc) is 2.14. The summed E-state index contributed by atoms with van der Waals surface area (Å²) in [5.74, 6) is 1.40. The van der Waals surface area contributed by atoms with Gasteiger partial charge in [-0.2, -0.15) is 5.56 Å². The van der Waals surface area contributed by atoms with Crippen molar-refractivity contribution in [3.05, 3.63) is 23.7 Å². The zero-order chi connectivity index (χ0) is 6.85. The minimum atomic E-state index is 0. The van der Waals surface area contributed by atoms with Crippen LogP contribution in [0.3, 0.4) is 0 Å². The van der Waals surface area contributed by atoms with E-state index in [0.717, 1.165) is 11.3 Å². The quantitative estimate of drug-likeness (QED) is 0.568. The van der Waals surface area contributed by atoms with E-state index in [-0.39, 0.29) is 58.2 Å². The van der Waals surface area contributed by atoms with E-state index >= 15 is 0 Å². The molecule has 1 nitrogen and oxygen atoms in total. The number of furan rings is 1. The second-order valence-electron chi connectivity index (χ2n) is 2.53. The molecule has 1 aromatic rings. The van der Waals surface area contributed by atoms with E-state index in [2.05, 4.69) is 19.9 Å². The molecule has 10 heavy (non-hydrogen) atoms. The molecule has 0 spiro atoms. The van der Waals surface area contributed by atoms with Crippen LogP contribution in [-0.2, 0) is 0 Å². The van der Waals surface area contributed by atoms with Gasteiger partial charge in [0.1, 0.15) is 0 Å². The van der Waals surface area contributed by atoms with Crippen molar-refractivity contribution in [3.63, 3.8) is 0 Å². The minimum Gasteiger partial charge on any atom is -0.573 e. The number of hydrogen-bond donors (Lipinski definition) is 0. The molecule has 0 aliphatic heterocycles. The van der Waals surface area contributed by atoms with Crippen molar-refractivity contribution in [3.8, 4) is 0 Å². The van der Waals surface area contributed by atoms with Gasteiger partial charge in [0.15, 0.2) is 0 Å². The molecule has 0 saturated carbocycles. The Morgan fingerprint density at radius 1 is 1.50 bits per heavy atom. The van der Waals surface area contributed by atoms with Crippen molar-refractivity contribution >= 4 is 0 Å². The van der Waals surface area contributed by atoms with E-state index in [9.17, 15) is 0 Å². The first-order chi connectivity index (χ1) is 4.20. The van der Waals surface area contributed by atoms with Crippen LogP contribution in [0.4, 0.5) is 0 Å². The molecule has 0 aromatic carbocycles. The number of aryl methyl sites for hydroxylation is 1. The van der Waals surface area contributed by atoms with Crippen LogP contribution in [0.15, 0.2) is 10.7 Å². The topological polar surface area (TPSA) is 13.1 Å². The third kappa shape index (κ3) is 2.99. The number of rotatable bonds is 1. The Hall–Kier alpha value is 1.09. The van der Waals surface area contributed by atoms with Gasteiger partial charge < -0.3 is 4.42 Å². The molecule has 1 heterocycles. The molecule has 0 fully saturated rings. The van der Waals surface area contributed by atoms with Crippen molar-refractivity contribution in [2.45, 2.75) is 26.7 Å². The first-order valence-corrected chi connectivity index (χ1v) is 3.17. The van der Waals surface area contributed by atoms with Crippen molar-refractivity contribution in [1.82, 2.24) is 0 Å². The van der Waals surface area contributed by atoms with Crippen LogP contribution < -0.4 is 58.2 Å². The van der Waals surface area contributed by atoms with Gasteiger partial charge in [0, 0.05) is 0 Å². The van der Waals surface area contributed by atoms with Gasteiger partial charge in [0.2, 0.25) is 0 Å². The molecule has 0 atom stereocenters. The Labute approximate surface area is 111 Å². The third-order valence-corrected chi connectivity index (χ3v) is 1.31. The average molecular weight is 209 g/mol. The molecule has 1 aromatic heterocycles. The summed E-state index contributed by atoms with van der Waals surface area (Å²) in [6.45, 7) is 6.16. The minimum absolute atomic E-state index is 0. The van der Waals surface area contributed by atoms with Crippen molar-refractivity contribution in [2.24, 2.45) is 0 Å². The van der Waals surface area contributed by atoms with Gasteiger partial charge in [-0.05, 0) is 12.7 Å². The maximum Gasteiger partial charge on any atom is 1.00 e. The van der Waals surface area contributed by atoms with Crippen LogP contribution in [-0.4, -0.2) is 0 Å². The van der Waals surface area contributed by atoms with E-state index < -0.39 is 0 Å². The summed E-state index contributed by atoms with van der Waals surface area (Å²) < 4.78 is 5.07. The fourth-order valence-electron chi connectivity index (χ4n) is 0.694. The summed E-state index contributed by atoms with van der Waals surface area (Å²) in [6, 6.07) is 3.11. The van der Waals surface area contributed by atoms with Gasteiger partial charge in [0.05, 0.1) is 0 Å². The van der Waals surface area contributed by atoms with Crippen molar-refractivity contribution in [1.29, 1.82) is 0 Å². The standard InChI is InChI=1S/C8H11O.Rb/c1-6(2)8-4-7(3)9-5-8;/h5-6H,1-3H3;/q-1;+1. The zero-order valence-electron chi connectivity index (χ0n) is 7.06. The second-order valence-corrected chi connectivity index (χ2v) is 2.53. The Morgan fingerprint density at radius 3 is 2.30 bits per heavy atom. The zero-order valence-corrected chi connectivity index (χ0v) is 12.0. The first kappa shape index (κ1) is 11.1. The molecule has 1 rings (SSSR count). The Kier molecular flexibility index (Phi) is 5.39. The molecule has 0 aliphatic rings. The number of hydrogen-bond acceptors (Lipinski definition) is 1. The van der Waals surface area contributed by atoms with Crippen LogP contribution in [0.25, 0.3) is 0 Å². The Morgan fingerprint density at radius 2 is 2.10 bits per heavy atom. The molecular weight excluding hydrogens is 198 g/mol. The van der Waals surface area contributed by atoms with E-state index in [4.69, 9.17) is 4.42 Å². The summed E-state index contributed by atoms with van der Waals surface area (Å²) in [5, 5.41) is 0. The van der Waals surface area contributed by atoms with Crippen LogP contribution >= 0.6 is 0 Å². The molecule has 50 valence electrons. The second kappa shape index (κ2) is 4.86. The van der Waals surface area contributed by atoms with Crippen molar-refractivity contribution in [2.75, 3.05) is 0 Å². The molecule has 0 amide bonds. The van der Waals surface area contributed by atoms with Crippen LogP contribution in [0.2, 0.25) is 0 Å². The van der Waals surface area contributed by atoms with E-state index in [1.165, 1.54) is 0 Å². The molecular formula is C8H11ORb. The van der Waals surface area contributed by atoms with Crippen LogP contribution in [0.5, 0.6) is 0 Å². The maximum atomic E-state index is 5.07. The molecule has 0 bridgehead atoms. The molecule has 0 aliphatic carbocycles. The predicted octanol–water partition coefficient (Wildman–Crippen LogP) is -0.484. The van der Waals surface area contributed by atoms with Gasteiger partial charge in [0.25, 0.3) is 0 Å². The monoisotopic (exact) mass is 208 g/mol. The molecule has 0 N–H and O–H groups in total. The Balaban J connectivity index is 0.000000810. The normalized spacial score (nSPS) is 9.60. The molecule has 0 radical (unpaired) electrons. The van der Waals surface area contributed by atoms with Gasteiger partial charge in [-0.3, -0.25) is 0 Å². The van der Waals surface area contributed by atoms with Crippen molar-refractivity contribution < 1.29 is 62.6 Å². The Bertz CT molecular complexity index is 191. The molecule has 0 unspecified atom stereocenters. The SMILES string of the molecule is Cc1[c-]c(C(C)C)co1.[Rb+]. The van der Waals surface area contributed by atoms with E-state index in [1.807, 2.05) is 6.92 Å². The fraction of sp³-hybridized carbons (Fsp3) is 0.500. The maximum absolute atomic E-state index is 5.07. The summed E-state index contributed by atoms with van der Waals surface area (Å²) in [4.78, 5) is 0. The summed E-state index contributed by atoms with van der Waals surface area (Å²) in [6.07, 6.45) is 1.76. The van der Waals surface area contributed by atoms with E-state index in [0.29, 0.717) is 5.92 Å². The van der Waals surface area contributed by atoms with Gasteiger partial charge >= 0.3 is 58.2 Å². The fourth-order valence-corrected chi connectivity index (χ4v) is 0.694. The smallest absolute Gasteiger partial charge is 0.573 e. The first-order valence-electron chi connectivity index (χ1n) is 3.17. The van der Waals surface area contributed by atoms with Crippen LogP contribution in [0.1, 0.15) is 31.1 Å². The van der Waals surface area contributed by atoms with E-state index in [1.54, 1.807) is 6.26 Å². The summed E-state index contributed by atoms with van der Waals surface area (Å²) in [5.41, 5.74) is 1.16. The third-order valence-electron chi connectivity index (χ3n) is 1.31. The summed E-state index contributed by atoms with van der Waals surface area (Å²) >= 11 is 0. The summed E-state index contributed by atoms with van der Waals surface area (Å²) in [7, 11) is 0. The molecule has 2 heteroatoms. The van der Waals surface area contributed by atoms with Gasteiger partial charge in [-0.15, -0.1) is 0 Å². The molecule has 0 saturated heterocycles. The van der Waals surface area contributed by atoms with Gasteiger partial charge in [-0.25, -0.2) is 6.07 Å². The van der Waals surface area contributed by atoms with Gasteiger partial charge in [-0.1, -0.05) is 26.0 Å².